The number of H-pyrrole nitrogens is 1. The van der Waals surface area contributed by atoms with Gasteiger partial charge in [-0.05, 0) is 18.1 Å². The van der Waals surface area contributed by atoms with Gasteiger partial charge < -0.3 is 10.7 Å². The molecule has 0 fully saturated rings. The van der Waals surface area contributed by atoms with Crippen LogP contribution < -0.4 is 5.73 Å². The van der Waals surface area contributed by atoms with Gasteiger partial charge in [0.15, 0.2) is 0 Å². The third kappa shape index (κ3) is 1.85. The summed E-state index contributed by atoms with van der Waals surface area (Å²) in [4.78, 5) is 3.14. The van der Waals surface area contributed by atoms with Crippen LogP contribution in [0.4, 0.5) is 0 Å². The zero-order chi connectivity index (χ0) is 10.2. The van der Waals surface area contributed by atoms with E-state index in [1.165, 1.54) is 0 Å². The van der Waals surface area contributed by atoms with Crippen molar-refractivity contribution < 1.29 is 0 Å². The number of benzene rings is 1. The second-order valence-corrected chi connectivity index (χ2v) is 3.65. The Morgan fingerprint density at radius 1 is 1.29 bits per heavy atom. The molecule has 0 spiro atoms. The maximum atomic E-state index is 5.56. The maximum absolute atomic E-state index is 5.56. The smallest absolute Gasteiger partial charge is 0.0821 e. The molecule has 0 saturated carbocycles. The normalized spacial score (nSPS) is 12.1. The van der Waals surface area contributed by atoms with Gasteiger partial charge in [0.2, 0.25) is 0 Å². The molecule has 2 aromatic rings. The lowest BCUT2D eigenvalue weighted by atomic mass is 9.60. The van der Waals surface area contributed by atoms with E-state index in [0.29, 0.717) is 6.42 Å². The molecule has 2 rings (SSSR count). The topological polar surface area (TPSA) is 41.8 Å². The molecule has 2 nitrogen and oxygen atoms in total. The summed E-state index contributed by atoms with van der Waals surface area (Å²) in [7, 11) is 11.1. The van der Waals surface area contributed by atoms with Crippen molar-refractivity contribution in [3.05, 3.63) is 36.0 Å². The van der Waals surface area contributed by atoms with E-state index in [9.17, 15) is 0 Å². The highest BCUT2D eigenvalue weighted by atomic mass is 14.7. The second kappa shape index (κ2) is 3.21. The average molecular weight is 180 g/mol. The molecule has 0 saturated heterocycles. The van der Waals surface area contributed by atoms with Crippen LogP contribution in [0.25, 0.3) is 10.9 Å². The first-order valence-corrected chi connectivity index (χ1v) is 4.48. The van der Waals surface area contributed by atoms with Gasteiger partial charge in [0, 0.05) is 17.1 Å². The Hall–Kier alpha value is -1.15. The first kappa shape index (κ1) is 9.41. The summed E-state index contributed by atoms with van der Waals surface area (Å²) in [6.07, 6.45) is 2.35. The van der Waals surface area contributed by atoms with Gasteiger partial charge in [0.05, 0.1) is 15.7 Å². The third-order valence-electron chi connectivity index (χ3n) is 2.17. The quantitative estimate of drug-likeness (QED) is 0.654. The highest BCUT2D eigenvalue weighted by Crippen LogP contribution is 2.19. The molecule has 0 amide bonds. The molecule has 66 valence electrons. The van der Waals surface area contributed by atoms with Gasteiger partial charge in [-0.2, -0.15) is 0 Å². The summed E-state index contributed by atoms with van der Waals surface area (Å²) >= 11 is 0. The zero-order valence-corrected chi connectivity index (χ0v) is 7.83. The summed E-state index contributed by atoms with van der Waals surface area (Å²) in [5.74, 6) is 0. The lowest BCUT2D eigenvalue weighted by Crippen LogP contribution is -2.43. The minimum atomic E-state index is -1.15. The molecule has 4 radical (unpaired) electrons. The average Bonchev–Trinajstić information content (AvgIpc) is 2.47. The molecule has 14 heavy (non-hydrogen) atoms. The third-order valence-corrected chi connectivity index (χ3v) is 2.17. The number of fused-ring (bicyclic) bond motifs is 1. The molecule has 0 aliphatic heterocycles. The first-order valence-electron chi connectivity index (χ1n) is 4.48. The highest BCUT2D eigenvalue weighted by molar-refractivity contribution is 6.40. The number of para-hydroxylation sites is 1. The number of nitrogens with one attached hydrogen (secondary N) is 1. The summed E-state index contributed by atoms with van der Waals surface area (Å²) in [5.41, 5.74) is 7.68. The Kier molecular flexibility index (Phi) is 2.16. The van der Waals surface area contributed by atoms with Crippen LogP contribution in [0.5, 0.6) is 0 Å². The van der Waals surface area contributed by atoms with E-state index in [1.54, 1.807) is 0 Å². The lowest BCUT2D eigenvalue weighted by molar-refractivity contribution is 0.814. The van der Waals surface area contributed by atoms with E-state index in [0.717, 1.165) is 16.5 Å². The van der Waals surface area contributed by atoms with E-state index in [2.05, 4.69) is 4.98 Å². The number of hydrogen-bond donors (Lipinski definition) is 2. The van der Waals surface area contributed by atoms with Crippen molar-refractivity contribution in [2.45, 2.75) is 11.8 Å². The van der Waals surface area contributed by atoms with Crippen molar-refractivity contribution in [2.75, 3.05) is 0 Å². The molecule has 3 N–H and O–H groups in total. The van der Waals surface area contributed by atoms with Crippen LogP contribution in [-0.2, 0) is 6.42 Å². The van der Waals surface area contributed by atoms with Crippen molar-refractivity contribution in [1.29, 1.82) is 0 Å². The Bertz CT molecular complexity index is 443. The Morgan fingerprint density at radius 3 is 2.71 bits per heavy atom. The second-order valence-electron chi connectivity index (χ2n) is 3.65. The Balaban J connectivity index is 2.44. The van der Waals surface area contributed by atoms with E-state index in [4.69, 9.17) is 21.4 Å². The minimum Gasteiger partial charge on any atom is -0.361 e. The van der Waals surface area contributed by atoms with Gasteiger partial charge in [0.1, 0.15) is 0 Å². The van der Waals surface area contributed by atoms with Crippen molar-refractivity contribution in [3.8, 4) is 0 Å². The molecule has 1 aromatic carbocycles. The van der Waals surface area contributed by atoms with Gasteiger partial charge in [-0.25, -0.2) is 0 Å². The van der Waals surface area contributed by atoms with Gasteiger partial charge >= 0.3 is 0 Å². The van der Waals surface area contributed by atoms with Gasteiger partial charge in [-0.1, -0.05) is 23.5 Å². The predicted octanol–water partition coefficient (Wildman–Crippen LogP) is 0.660. The maximum Gasteiger partial charge on any atom is 0.0821 e. The molecule has 0 unspecified atom stereocenters. The molecule has 0 bridgehead atoms. The number of aromatic nitrogens is 1. The SMILES string of the molecule is [B]C([B])(N)Cc1c[nH]c2ccccc12. The monoisotopic (exact) mass is 180 g/mol. The van der Waals surface area contributed by atoms with E-state index >= 15 is 0 Å². The summed E-state index contributed by atoms with van der Waals surface area (Å²) in [6, 6.07) is 7.98. The van der Waals surface area contributed by atoms with E-state index < -0.39 is 5.34 Å². The van der Waals surface area contributed by atoms with Crippen molar-refractivity contribution in [2.24, 2.45) is 5.73 Å². The van der Waals surface area contributed by atoms with Gasteiger partial charge in [-0.3, -0.25) is 0 Å². The van der Waals surface area contributed by atoms with Crippen LogP contribution >= 0.6 is 0 Å². The molecular formula is C10H10B2N2. The fourth-order valence-corrected chi connectivity index (χ4v) is 1.61. The number of rotatable bonds is 2. The van der Waals surface area contributed by atoms with Crippen LogP contribution in [0, 0.1) is 0 Å². The largest absolute Gasteiger partial charge is 0.361 e. The van der Waals surface area contributed by atoms with Crippen LogP contribution in [-0.4, -0.2) is 26.0 Å². The van der Waals surface area contributed by atoms with Crippen molar-refractivity contribution in [3.63, 3.8) is 0 Å². The Labute approximate surface area is 85.7 Å². The number of hydrogen-bond acceptors (Lipinski definition) is 1. The molecule has 0 aliphatic carbocycles. The zero-order valence-electron chi connectivity index (χ0n) is 7.83. The molecule has 4 heteroatoms. The number of aromatic amines is 1. The van der Waals surface area contributed by atoms with Crippen LogP contribution in [0.1, 0.15) is 5.56 Å². The van der Waals surface area contributed by atoms with Gasteiger partial charge in [-0.15, -0.1) is 0 Å². The summed E-state index contributed by atoms with van der Waals surface area (Å²) in [5, 5.41) is -0.0245. The summed E-state index contributed by atoms with van der Waals surface area (Å²) in [6.45, 7) is 0. The molecular weight excluding hydrogens is 170 g/mol. The predicted molar refractivity (Wildman–Crippen MR) is 60.4 cm³/mol. The minimum absolute atomic E-state index is 0.455. The molecule has 1 heterocycles. The highest BCUT2D eigenvalue weighted by Gasteiger charge is 2.13. The summed E-state index contributed by atoms with van der Waals surface area (Å²) < 4.78 is 0. The van der Waals surface area contributed by atoms with E-state index in [1.807, 2.05) is 30.5 Å². The van der Waals surface area contributed by atoms with Crippen molar-refractivity contribution in [1.82, 2.24) is 4.98 Å². The first-order chi connectivity index (χ1) is 6.56. The molecule has 0 aliphatic rings. The van der Waals surface area contributed by atoms with Crippen LogP contribution in [0.15, 0.2) is 30.5 Å². The number of nitrogens with two attached hydrogens (primary N) is 1. The fraction of sp³-hybridized carbons (Fsp3) is 0.200. The van der Waals surface area contributed by atoms with Crippen LogP contribution in [0.3, 0.4) is 0 Å². The van der Waals surface area contributed by atoms with Gasteiger partial charge in [0.25, 0.3) is 0 Å². The fourth-order valence-electron chi connectivity index (χ4n) is 1.61. The van der Waals surface area contributed by atoms with Crippen molar-refractivity contribution >= 4 is 26.6 Å². The molecule has 1 aromatic heterocycles. The van der Waals surface area contributed by atoms with E-state index in [-0.39, 0.29) is 0 Å². The molecule has 0 atom stereocenters. The van der Waals surface area contributed by atoms with Crippen LogP contribution in [0.2, 0.25) is 0 Å². The lowest BCUT2D eigenvalue weighted by Gasteiger charge is -2.18. The standard InChI is InChI=1S/C10H10B2N2/c11-10(12,13)5-7-6-14-9-4-2-1-3-8(7)9/h1-4,6,14H,5,13H2. The Morgan fingerprint density at radius 2 is 2.00 bits per heavy atom.